The van der Waals surface area contributed by atoms with Gasteiger partial charge in [-0.05, 0) is 43.2 Å². The molecule has 3 N–H and O–H groups in total. The Morgan fingerprint density at radius 2 is 2.00 bits per heavy atom. The highest BCUT2D eigenvalue weighted by atomic mass is 19.1. The lowest BCUT2D eigenvalue weighted by molar-refractivity contribution is -0.128. The second kappa shape index (κ2) is 13.1. The number of carbonyl (C=O) groups excluding carboxylic acids is 2. The number of carbonyl (C=O) groups is 2. The number of pyridine rings is 1. The molecule has 0 aliphatic rings. The van der Waals surface area contributed by atoms with E-state index in [-0.39, 0.29) is 36.0 Å². The van der Waals surface area contributed by atoms with Gasteiger partial charge in [-0.15, -0.1) is 0 Å². The van der Waals surface area contributed by atoms with Gasteiger partial charge in [0.1, 0.15) is 17.2 Å². The summed E-state index contributed by atoms with van der Waals surface area (Å²) < 4.78 is 14.4. The molecule has 0 aliphatic heterocycles. The van der Waals surface area contributed by atoms with Crippen molar-refractivity contribution in [3.8, 4) is 0 Å². The number of anilines is 1. The average Bonchev–Trinajstić information content (AvgIpc) is 2.77. The van der Waals surface area contributed by atoms with Crippen molar-refractivity contribution in [3.63, 3.8) is 0 Å². The van der Waals surface area contributed by atoms with Crippen LogP contribution >= 0.6 is 0 Å². The van der Waals surface area contributed by atoms with E-state index in [1.54, 1.807) is 32.0 Å². The van der Waals surface area contributed by atoms with Crippen LogP contribution in [0.3, 0.4) is 0 Å². The standard InChI is InChI=1S/C20H23FN4O4.C2H6/c1-13-6-7-16(15(21)11-13)23-19(25(3)12-27)17(20(28)24-29-10-9-26)18-14(2)5-4-8-22-18;1-2/h4-8,11-12,23,26H,9-10H2,1-3H3,(H,24,28);1-2H3/b19-17+;. The molecule has 0 unspecified atom stereocenters. The number of hydrogen-bond donors (Lipinski definition) is 3. The Bertz CT molecular complexity index is 918. The van der Waals surface area contributed by atoms with Crippen LogP contribution in [0, 0.1) is 19.7 Å². The van der Waals surface area contributed by atoms with E-state index < -0.39 is 11.7 Å². The minimum Gasteiger partial charge on any atom is -0.394 e. The quantitative estimate of drug-likeness (QED) is 0.244. The fourth-order valence-corrected chi connectivity index (χ4v) is 2.52. The third kappa shape index (κ3) is 7.16. The molecule has 168 valence electrons. The molecule has 8 nitrogen and oxygen atoms in total. The van der Waals surface area contributed by atoms with Gasteiger partial charge in [0.25, 0.3) is 5.91 Å². The van der Waals surface area contributed by atoms with Crippen molar-refractivity contribution >= 4 is 23.6 Å². The Hall–Kier alpha value is -3.30. The number of amides is 2. The molecule has 0 aliphatic carbocycles. The number of aromatic nitrogens is 1. The van der Waals surface area contributed by atoms with Gasteiger partial charge >= 0.3 is 0 Å². The van der Waals surface area contributed by atoms with Crippen molar-refractivity contribution in [2.75, 3.05) is 25.6 Å². The SMILES string of the molecule is CC.Cc1ccc(N/C(=C(\C(=O)NOCCO)c2ncccc2C)N(C)C=O)c(F)c1. The largest absolute Gasteiger partial charge is 0.394 e. The van der Waals surface area contributed by atoms with Crippen molar-refractivity contribution < 1.29 is 23.9 Å². The number of aliphatic hydroxyl groups is 1. The first-order valence-corrected chi connectivity index (χ1v) is 9.79. The Balaban J connectivity index is 0.00000233. The van der Waals surface area contributed by atoms with Crippen LogP contribution in [0.2, 0.25) is 0 Å². The maximum absolute atomic E-state index is 14.4. The lowest BCUT2D eigenvalue weighted by atomic mass is 10.1. The summed E-state index contributed by atoms with van der Waals surface area (Å²) in [6.07, 6.45) is 1.98. The molecule has 0 atom stereocenters. The lowest BCUT2D eigenvalue weighted by Gasteiger charge is -2.23. The van der Waals surface area contributed by atoms with Gasteiger partial charge in [0.15, 0.2) is 0 Å². The number of halogens is 1. The van der Waals surface area contributed by atoms with E-state index in [1.807, 2.05) is 13.8 Å². The predicted molar refractivity (Wildman–Crippen MR) is 117 cm³/mol. The average molecular weight is 432 g/mol. The molecule has 0 fully saturated rings. The molecule has 1 aromatic carbocycles. The number of benzene rings is 1. The third-order valence-corrected chi connectivity index (χ3v) is 3.96. The minimum absolute atomic E-state index is 0.00894. The summed E-state index contributed by atoms with van der Waals surface area (Å²) in [6, 6.07) is 7.98. The van der Waals surface area contributed by atoms with Crippen LogP contribution < -0.4 is 10.8 Å². The third-order valence-electron chi connectivity index (χ3n) is 3.96. The molecular weight excluding hydrogens is 403 g/mol. The van der Waals surface area contributed by atoms with E-state index in [9.17, 15) is 14.0 Å². The summed E-state index contributed by atoms with van der Waals surface area (Å²) in [5.74, 6) is -1.26. The summed E-state index contributed by atoms with van der Waals surface area (Å²) in [4.78, 5) is 34.7. The fraction of sp³-hybridized carbons (Fsp3) is 0.318. The summed E-state index contributed by atoms with van der Waals surface area (Å²) in [5.41, 5.74) is 3.91. The van der Waals surface area contributed by atoms with Gasteiger partial charge in [-0.2, -0.15) is 0 Å². The summed E-state index contributed by atoms with van der Waals surface area (Å²) in [7, 11) is 1.42. The van der Waals surface area contributed by atoms with Crippen LogP contribution in [0.4, 0.5) is 10.1 Å². The Kier molecular flexibility index (Phi) is 10.9. The molecule has 2 amide bonds. The molecule has 0 spiro atoms. The number of aryl methyl sites for hydroxylation is 2. The van der Waals surface area contributed by atoms with Gasteiger partial charge in [0.05, 0.1) is 24.6 Å². The van der Waals surface area contributed by atoms with Crippen LogP contribution in [0.15, 0.2) is 42.3 Å². The topological polar surface area (TPSA) is 104 Å². The van der Waals surface area contributed by atoms with E-state index in [1.165, 1.54) is 25.4 Å². The summed E-state index contributed by atoms with van der Waals surface area (Å²) >= 11 is 0. The van der Waals surface area contributed by atoms with Crippen molar-refractivity contribution in [1.82, 2.24) is 15.4 Å². The molecule has 0 saturated heterocycles. The van der Waals surface area contributed by atoms with Crippen LogP contribution in [-0.4, -0.2) is 47.6 Å². The van der Waals surface area contributed by atoms with Gasteiger partial charge in [0, 0.05) is 13.2 Å². The molecule has 1 aromatic heterocycles. The van der Waals surface area contributed by atoms with Crippen molar-refractivity contribution in [3.05, 3.63) is 65.0 Å². The van der Waals surface area contributed by atoms with Crippen molar-refractivity contribution in [2.45, 2.75) is 27.7 Å². The van der Waals surface area contributed by atoms with Crippen molar-refractivity contribution in [1.29, 1.82) is 0 Å². The van der Waals surface area contributed by atoms with Crippen molar-refractivity contribution in [2.24, 2.45) is 0 Å². The Morgan fingerprint density at radius 1 is 1.29 bits per heavy atom. The van der Waals surface area contributed by atoms with E-state index in [0.29, 0.717) is 12.0 Å². The van der Waals surface area contributed by atoms with Gasteiger partial charge in [-0.25, -0.2) is 9.87 Å². The normalized spacial score (nSPS) is 10.9. The zero-order valence-corrected chi connectivity index (χ0v) is 18.4. The van der Waals surface area contributed by atoms with E-state index in [0.717, 1.165) is 10.5 Å². The Labute approximate surface area is 181 Å². The number of nitrogens with one attached hydrogen (secondary N) is 2. The molecule has 0 saturated carbocycles. The first-order valence-electron chi connectivity index (χ1n) is 9.79. The number of aliphatic hydroxyl groups excluding tert-OH is 1. The number of hydrogen-bond acceptors (Lipinski definition) is 6. The number of nitrogens with zero attached hydrogens (tertiary/aromatic N) is 2. The molecule has 2 aromatic rings. The second-order valence-electron chi connectivity index (χ2n) is 6.22. The second-order valence-corrected chi connectivity index (χ2v) is 6.22. The van der Waals surface area contributed by atoms with E-state index in [2.05, 4.69) is 15.8 Å². The van der Waals surface area contributed by atoms with Gasteiger partial charge in [-0.3, -0.25) is 19.4 Å². The van der Waals surface area contributed by atoms with E-state index >= 15 is 0 Å². The predicted octanol–water partition coefficient (Wildman–Crippen LogP) is 2.77. The maximum atomic E-state index is 14.4. The number of rotatable bonds is 9. The highest BCUT2D eigenvalue weighted by molar-refractivity contribution is 6.20. The summed E-state index contributed by atoms with van der Waals surface area (Å²) in [6.45, 7) is 7.07. The zero-order chi connectivity index (χ0) is 23.4. The molecular formula is C22H29FN4O4. The molecule has 0 radical (unpaired) electrons. The highest BCUT2D eigenvalue weighted by Gasteiger charge is 2.24. The highest BCUT2D eigenvalue weighted by Crippen LogP contribution is 2.25. The first kappa shape index (κ1) is 25.7. The lowest BCUT2D eigenvalue weighted by Crippen LogP contribution is -2.32. The molecule has 31 heavy (non-hydrogen) atoms. The van der Waals surface area contributed by atoms with Gasteiger partial charge in [-0.1, -0.05) is 26.0 Å². The van der Waals surface area contributed by atoms with Crippen LogP contribution in [0.1, 0.15) is 30.7 Å². The first-order chi connectivity index (χ1) is 14.9. The van der Waals surface area contributed by atoms with E-state index in [4.69, 9.17) is 9.94 Å². The molecule has 9 heteroatoms. The van der Waals surface area contributed by atoms with Gasteiger partial charge < -0.3 is 15.3 Å². The fourth-order valence-electron chi connectivity index (χ4n) is 2.52. The Morgan fingerprint density at radius 3 is 2.58 bits per heavy atom. The molecule has 2 rings (SSSR count). The maximum Gasteiger partial charge on any atom is 0.280 e. The minimum atomic E-state index is -0.719. The number of hydroxylamine groups is 1. The summed E-state index contributed by atoms with van der Waals surface area (Å²) in [5, 5.41) is 11.7. The van der Waals surface area contributed by atoms with Crippen LogP contribution in [0.25, 0.3) is 5.57 Å². The van der Waals surface area contributed by atoms with Gasteiger partial charge in [0.2, 0.25) is 6.41 Å². The zero-order valence-electron chi connectivity index (χ0n) is 18.4. The monoisotopic (exact) mass is 432 g/mol. The molecule has 0 bridgehead atoms. The molecule has 1 heterocycles. The van der Waals surface area contributed by atoms with Crippen LogP contribution in [0.5, 0.6) is 0 Å². The van der Waals surface area contributed by atoms with Crippen LogP contribution in [-0.2, 0) is 14.4 Å². The smallest absolute Gasteiger partial charge is 0.280 e.